The summed E-state index contributed by atoms with van der Waals surface area (Å²) in [6, 6.07) is 4.77. The minimum atomic E-state index is -0.514. The van der Waals surface area contributed by atoms with Crippen molar-refractivity contribution in [3.63, 3.8) is 0 Å². The molecule has 1 saturated heterocycles. The van der Waals surface area contributed by atoms with Crippen LogP contribution in [0.5, 0.6) is 11.5 Å². The van der Waals surface area contributed by atoms with Gasteiger partial charge in [-0.15, -0.1) is 0 Å². The maximum atomic E-state index is 12.1. The summed E-state index contributed by atoms with van der Waals surface area (Å²) in [4.78, 5) is 23.1. The van der Waals surface area contributed by atoms with E-state index < -0.39 is 5.69 Å². The molecular formula is C17H19N5O4. The van der Waals surface area contributed by atoms with Crippen LogP contribution in [0.2, 0.25) is 0 Å². The number of rotatable bonds is 4. The minimum Gasteiger partial charge on any atom is -0.506 e. The number of methoxy groups -OCH3 is 1. The summed E-state index contributed by atoms with van der Waals surface area (Å²) in [7, 11) is 1.54. The van der Waals surface area contributed by atoms with Crippen molar-refractivity contribution in [3.05, 3.63) is 35.0 Å². The molecule has 1 atom stereocenters. The number of phenols is 1. The number of hydrogen-bond acceptors (Lipinski definition) is 7. The molecule has 0 radical (unpaired) electrons. The van der Waals surface area contributed by atoms with Gasteiger partial charge in [0.25, 0.3) is 0 Å². The molecule has 9 nitrogen and oxygen atoms in total. The van der Waals surface area contributed by atoms with Crippen LogP contribution in [-0.4, -0.2) is 38.3 Å². The Bertz CT molecular complexity index is 990. The van der Waals surface area contributed by atoms with Gasteiger partial charge in [0.2, 0.25) is 0 Å². The van der Waals surface area contributed by atoms with Crippen molar-refractivity contribution in [2.75, 3.05) is 19.0 Å². The molecule has 1 aliphatic heterocycles. The van der Waals surface area contributed by atoms with Crippen molar-refractivity contribution in [2.24, 2.45) is 0 Å². The van der Waals surface area contributed by atoms with E-state index in [1.54, 1.807) is 23.0 Å². The largest absolute Gasteiger partial charge is 0.506 e. The number of aromatic nitrogens is 4. The van der Waals surface area contributed by atoms with Gasteiger partial charge in [-0.1, -0.05) is 0 Å². The predicted octanol–water partition coefficient (Wildman–Crippen LogP) is 2.28. The molecule has 0 saturated carbocycles. The Labute approximate surface area is 148 Å². The van der Waals surface area contributed by atoms with Gasteiger partial charge in [-0.05, 0) is 31.4 Å². The molecule has 1 unspecified atom stereocenters. The van der Waals surface area contributed by atoms with Crippen molar-refractivity contribution in [2.45, 2.75) is 25.5 Å². The Hall–Kier alpha value is -3.07. The van der Waals surface area contributed by atoms with E-state index in [4.69, 9.17) is 9.47 Å². The highest BCUT2D eigenvalue weighted by atomic mass is 16.5. The predicted molar refractivity (Wildman–Crippen MR) is 94.9 cm³/mol. The van der Waals surface area contributed by atoms with Gasteiger partial charge < -0.3 is 19.9 Å². The van der Waals surface area contributed by atoms with Gasteiger partial charge in [0, 0.05) is 12.7 Å². The molecule has 0 spiro atoms. The monoisotopic (exact) mass is 357 g/mol. The van der Waals surface area contributed by atoms with Gasteiger partial charge in [0.15, 0.2) is 5.65 Å². The molecule has 136 valence electrons. The van der Waals surface area contributed by atoms with Crippen LogP contribution in [0, 0.1) is 0 Å². The average Bonchev–Trinajstić information content (AvgIpc) is 3.08. The number of hydrogen-bond donors (Lipinski definition) is 3. The van der Waals surface area contributed by atoms with Crippen LogP contribution >= 0.6 is 0 Å². The topological polar surface area (TPSA) is 114 Å². The maximum Gasteiger partial charge on any atom is 0.348 e. The van der Waals surface area contributed by atoms with Gasteiger partial charge in [-0.2, -0.15) is 4.98 Å². The Balaban J connectivity index is 1.76. The fourth-order valence-corrected chi connectivity index (χ4v) is 3.05. The first kappa shape index (κ1) is 16.4. The highest BCUT2D eigenvalue weighted by Gasteiger charge is 2.21. The maximum absolute atomic E-state index is 12.1. The van der Waals surface area contributed by atoms with E-state index in [0.29, 0.717) is 35.0 Å². The number of anilines is 2. The lowest BCUT2D eigenvalue weighted by Gasteiger charge is -2.23. The molecule has 3 heterocycles. The number of nitrogens with zero attached hydrogens (tertiary/aromatic N) is 3. The van der Waals surface area contributed by atoms with Crippen LogP contribution in [0.4, 0.5) is 11.5 Å². The Morgan fingerprint density at radius 3 is 3.08 bits per heavy atom. The standard InChI is InChI=1S/C17H19N5O4/c1-25-10-5-6-12(23)11(8-10)19-15-14-16(21-17(24)20-15)22(9-18-14)13-4-2-3-7-26-13/h5-6,8-9,13,23H,2-4,7H2,1H3,(H2,19,20,21,24). The lowest BCUT2D eigenvalue weighted by molar-refractivity contribution is -0.0298. The third kappa shape index (κ3) is 2.97. The van der Waals surface area contributed by atoms with Crippen LogP contribution < -0.4 is 15.7 Å². The second-order valence-corrected chi connectivity index (χ2v) is 6.07. The Kier molecular flexibility index (Phi) is 4.21. The van der Waals surface area contributed by atoms with Crippen molar-refractivity contribution in [1.82, 2.24) is 19.5 Å². The smallest absolute Gasteiger partial charge is 0.348 e. The first-order chi connectivity index (χ1) is 12.7. The number of H-pyrrole nitrogens is 1. The first-order valence-electron chi connectivity index (χ1n) is 8.38. The van der Waals surface area contributed by atoms with E-state index in [2.05, 4.69) is 20.3 Å². The van der Waals surface area contributed by atoms with Gasteiger partial charge in [-0.25, -0.2) is 9.78 Å². The number of fused-ring (bicyclic) bond motifs is 1. The molecule has 3 N–H and O–H groups in total. The second-order valence-electron chi connectivity index (χ2n) is 6.07. The molecule has 1 aliphatic rings. The number of imidazole rings is 1. The van der Waals surface area contributed by atoms with Crippen LogP contribution in [0.3, 0.4) is 0 Å². The van der Waals surface area contributed by atoms with Crippen molar-refractivity contribution >= 4 is 22.7 Å². The highest BCUT2D eigenvalue weighted by Crippen LogP contribution is 2.32. The van der Waals surface area contributed by atoms with E-state index in [1.807, 2.05) is 0 Å². The molecule has 0 aliphatic carbocycles. The third-order valence-electron chi connectivity index (χ3n) is 4.37. The number of nitrogens with one attached hydrogen (secondary N) is 2. The highest BCUT2D eigenvalue weighted by molar-refractivity contribution is 5.86. The van der Waals surface area contributed by atoms with E-state index in [9.17, 15) is 9.90 Å². The fraction of sp³-hybridized carbons (Fsp3) is 0.353. The molecule has 1 aromatic carbocycles. The van der Waals surface area contributed by atoms with Crippen LogP contribution in [0.1, 0.15) is 25.5 Å². The molecule has 0 bridgehead atoms. The number of ether oxygens (including phenoxy) is 2. The molecule has 2 aromatic heterocycles. The Morgan fingerprint density at radius 1 is 1.42 bits per heavy atom. The van der Waals surface area contributed by atoms with E-state index in [0.717, 1.165) is 19.3 Å². The van der Waals surface area contributed by atoms with Crippen molar-refractivity contribution in [1.29, 1.82) is 0 Å². The molecule has 9 heteroatoms. The van der Waals surface area contributed by atoms with E-state index in [1.165, 1.54) is 13.2 Å². The number of phenolic OH excluding ortho intramolecular Hbond substituents is 1. The number of aromatic amines is 1. The van der Waals surface area contributed by atoms with Crippen LogP contribution in [0.25, 0.3) is 11.2 Å². The van der Waals surface area contributed by atoms with Gasteiger partial charge in [0.1, 0.15) is 29.1 Å². The summed E-state index contributed by atoms with van der Waals surface area (Å²) in [5.74, 6) is 0.934. The second kappa shape index (κ2) is 6.68. The lowest BCUT2D eigenvalue weighted by Crippen LogP contribution is -2.20. The molecule has 4 rings (SSSR count). The lowest BCUT2D eigenvalue weighted by atomic mass is 10.2. The number of aromatic hydroxyl groups is 1. The Morgan fingerprint density at radius 2 is 2.31 bits per heavy atom. The summed E-state index contributed by atoms with van der Waals surface area (Å²) < 4.78 is 12.7. The van der Waals surface area contributed by atoms with Crippen LogP contribution in [0.15, 0.2) is 29.3 Å². The zero-order valence-electron chi connectivity index (χ0n) is 14.2. The third-order valence-corrected chi connectivity index (χ3v) is 4.37. The SMILES string of the molecule is COc1ccc(O)c(Nc2[nH]c(=O)nc3c2ncn3C2CCCCO2)c1. The zero-order chi connectivity index (χ0) is 18.1. The van der Waals surface area contributed by atoms with E-state index >= 15 is 0 Å². The summed E-state index contributed by atoms with van der Waals surface area (Å²) >= 11 is 0. The quantitative estimate of drug-likeness (QED) is 0.614. The molecular weight excluding hydrogens is 338 g/mol. The summed E-state index contributed by atoms with van der Waals surface area (Å²) in [6.07, 6.45) is 4.37. The molecule has 3 aromatic rings. The summed E-state index contributed by atoms with van der Waals surface area (Å²) in [5.41, 5.74) is 0.794. The molecule has 26 heavy (non-hydrogen) atoms. The summed E-state index contributed by atoms with van der Waals surface area (Å²) in [6.45, 7) is 0.677. The average molecular weight is 357 g/mol. The van der Waals surface area contributed by atoms with Gasteiger partial charge >= 0.3 is 5.69 Å². The molecule has 0 amide bonds. The normalized spacial score (nSPS) is 17.3. The van der Waals surface area contributed by atoms with Gasteiger partial charge in [-0.3, -0.25) is 9.55 Å². The zero-order valence-corrected chi connectivity index (χ0v) is 14.2. The van der Waals surface area contributed by atoms with Crippen molar-refractivity contribution in [3.8, 4) is 11.5 Å². The van der Waals surface area contributed by atoms with E-state index in [-0.39, 0.29) is 12.0 Å². The van der Waals surface area contributed by atoms with Crippen molar-refractivity contribution < 1.29 is 14.6 Å². The van der Waals surface area contributed by atoms with Gasteiger partial charge in [0.05, 0.1) is 19.1 Å². The number of benzene rings is 1. The fourth-order valence-electron chi connectivity index (χ4n) is 3.05. The summed E-state index contributed by atoms with van der Waals surface area (Å²) in [5, 5.41) is 13.1. The minimum absolute atomic E-state index is 0.0201. The first-order valence-corrected chi connectivity index (χ1v) is 8.38. The molecule has 1 fully saturated rings. The van der Waals surface area contributed by atoms with Crippen LogP contribution in [-0.2, 0) is 4.74 Å².